The molecule has 0 bridgehead atoms. The molecule has 0 heterocycles. The monoisotopic (exact) mass is 251 g/mol. The predicted molar refractivity (Wildman–Crippen MR) is 75.1 cm³/mol. The van der Waals surface area contributed by atoms with Gasteiger partial charge in [-0.2, -0.15) is 0 Å². The van der Waals surface area contributed by atoms with Crippen molar-refractivity contribution in [2.24, 2.45) is 0 Å². The predicted octanol–water partition coefficient (Wildman–Crippen LogP) is 2.38. The highest BCUT2D eigenvalue weighted by Crippen LogP contribution is 2.14. The summed E-state index contributed by atoms with van der Waals surface area (Å²) in [5, 5.41) is 12.9. The van der Waals surface area contributed by atoms with Gasteiger partial charge in [-0.05, 0) is 44.4 Å². The number of aliphatic hydroxyl groups excluding tert-OH is 1. The molecule has 0 aliphatic carbocycles. The summed E-state index contributed by atoms with van der Waals surface area (Å²) < 4.78 is 5.14. The molecule has 0 fully saturated rings. The Bertz CT molecular complexity index is 344. The molecular weight excluding hydrogens is 226 g/mol. The standard InChI is InChI=1S/C15H25NO2/c1-5-15(3,11-17)16-12(2)10-13-6-8-14(18-4)9-7-13/h6-9,12,16-17H,5,10-11H2,1-4H3. The molecule has 0 saturated carbocycles. The second-order valence-electron chi connectivity index (χ2n) is 5.17. The lowest BCUT2D eigenvalue weighted by atomic mass is 9.97. The second-order valence-corrected chi connectivity index (χ2v) is 5.17. The number of nitrogens with one attached hydrogen (secondary N) is 1. The molecule has 18 heavy (non-hydrogen) atoms. The summed E-state index contributed by atoms with van der Waals surface area (Å²) in [5.41, 5.74) is 1.08. The van der Waals surface area contributed by atoms with Gasteiger partial charge >= 0.3 is 0 Å². The molecule has 3 heteroatoms. The highest BCUT2D eigenvalue weighted by molar-refractivity contribution is 5.27. The van der Waals surface area contributed by atoms with Crippen molar-refractivity contribution < 1.29 is 9.84 Å². The number of aliphatic hydroxyl groups is 1. The number of benzene rings is 1. The van der Waals surface area contributed by atoms with Crippen molar-refractivity contribution in [1.29, 1.82) is 0 Å². The van der Waals surface area contributed by atoms with Gasteiger partial charge in [0.05, 0.1) is 13.7 Å². The minimum Gasteiger partial charge on any atom is -0.497 e. The third-order valence-corrected chi connectivity index (χ3v) is 3.43. The van der Waals surface area contributed by atoms with Crippen LogP contribution >= 0.6 is 0 Å². The number of hydrogen-bond acceptors (Lipinski definition) is 3. The van der Waals surface area contributed by atoms with Crippen molar-refractivity contribution in [2.45, 2.75) is 45.2 Å². The first-order valence-electron chi connectivity index (χ1n) is 6.54. The second kappa shape index (κ2) is 6.76. The smallest absolute Gasteiger partial charge is 0.118 e. The van der Waals surface area contributed by atoms with E-state index in [1.807, 2.05) is 12.1 Å². The van der Waals surface area contributed by atoms with E-state index < -0.39 is 0 Å². The highest BCUT2D eigenvalue weighted by Gasteiger charge is 2.22. The molecule has 0 spiro atoms. The zero-order valence-electron chi connectivity index (χ0n) is 11.9. The molecule has 2 unspecified atom stereocenters. The molecule has 2 atom stereocenters. The van der Waals surface area contributed by atoms with Gasteiger partial charge in [0.2, 0.25) is 0 Å². The fourth-order valence-electron chi connectivity index (χ4n) is 2.02. The van der Waals surface area contributed by atoms with Gasteiger partial charge in [0.1, 0.15) is 5.75 Å². The van der Waals surface area contributed by atoms with E-state index in [2.05, 4.69) is 38.2 Å². The Hall–Kier alpha value is -1.06. The maximum absolute atomic E-state index is 9.39. The van der Waals surface area contributed by atoms with Crippen molar-refractivity contribution in [3.63, 3.8) is 0 Å². The molecule has 0 saturated heterocycles. The summed E-state index contributed by atoms with van der Waals surface area (Å²) in [7, 11) is 1.67. The van der Waals surface area contributed by atoms with E-state index in [0.717, 1.165) is 18.6 Å². The maximum atomic E-state index is 9.39. The first kappa shape index (κ1) is 15.0. The average Bonchev–Trinajstić information content (AvgIpc) is 2.39. The maximum Gasteiger partial charge on any atom is 0.118 e. The van der Waals surface area contributed by atoms with Crippen LogP contribution in [0.5, 0.6) is 5.75 Å². The van der Waals surface area contributed by atoms with E-state index in [1.165, 1.54) is 5.56 Å². The lowest BCUT2D eigenvalue weighted by Crippen LogP contribution is -2.50. The third-order valence-electron chi connectivity index (χ3n) is 3.43. The summed E-state index contributed by atoms with van der Waals surface area (Å²) >= 11 is 0. The molecular formula is C15H25NO2. The summed E-state index contributed by atoms with van der Waals surface area (Å²) in [6.07, 6.45) is 1.86. The molecule has 1 aromatic carbocycles. The fourth-order valence-corrected chi connectivity index (χ4v) is 2.02. The average molecular weight is 251 g/mol. The van der Waals surface area contributed by atoms with Gasteiger partial charge in [0, 0.05) is 11.6 Å². The van der Waals surface area contributed by atoms with Gasteiger partial charge in [-0.15, -0.1) is 0 Å². The van der Waals surface area contributed by atoms with E-state index in [0.29, 0.717) is 6.04 Å². The van der Waals surface area contributed by atoms with Crippen LogP contribution in [0.25, 0.3) is 0 Å². The van der Waals surface area contributed by atoms with Crippen LogP contribution in [0.15, 0.2) is 24.3 Å². The van der Waals surface area contributed by atoms with Gasteiger partial charge in [-0.3, -0.25) is 0 Å². The largest absolute Gasteiger partial charge is 0.497 e. The van der Waals surface area contributed by atoms with Crippen molar-refractivity contribution in [1.82, 2.24) is 5.32 Å². The summed E-state index contributed by atoms with van der Waals surface area (Å²) in [4.78, 5) is 0. The van der Waals surface area contributed by atoms with Crippen LogP contribution in [0.3, 0.4) is 0 Å². The summed E-state index contributed by atoms with van der Waals surface area (Å²) in [5.74, 6) is 0.883. The fraction of sp³-hybridized carbons (Fsp3) is 0.600. The number of hydrogen-bond donors (Lipinski definition) is 2. The van der Waals surface area contributed by atoms with Crippen molar-refractivity contribution in [3.05, 3.63) is 29.8 Å². The minimum absolute atomic E-state index is 0.163. The number of ether oxygens (including phenoxy) is 1. The quantitative estimate of drug-likeness (QED) is 0.782. The number of rotatable bonds is 7. The molecule has 102 valence electrons. The van der Waals surface area contributed by atoms with E-state index in [-0.39, 0.29) is 12.1 Å². The molecule has 3 nitrogen and oxygen atoms in total. The Balaban J connectivity index is 2.55. The molecule has 0 aliphatic heterocycles. The van der Waals surface area contributed by atoms with Crippen LogP contribution in [-0.2, 0) is 6.42 Å². The lowest BCUT2D eigenvalue weighted by Gasteiger charge is -2.31. The van der Waals surface area contributed by atoms with Gasteiger partial charge in [-0.1, -0.05) is 19.1 Å². The lowest BCUT2D eigenvalue weighted by molar-refractivity contribution is 0.159. The molecule has 1 aromatic rings. The molecule has 2 N–H and O–H groups in total. The van der Waals surface area contributed by atoms with E-state index >= 15 is 0 Å². The molecule has 0 aromatic heterocycles. The SMILES string of the molecule is CCC(C)(CO)NC(C)Cc1ccc(OC)cc1. The topological polar surface area (TPSA) is 41.5 Å². The van der Waals surface area contributed by atoms with Crippen molar-refractivity contribution in [3.8, 4) is 5.75 Å². The van der Waals surface area contributed by atoms with Crippen LogP contribution in [0.4, 0.5) is 0 Å². The van der Waals surface area contributed by atoms with Crippen molar-refractivity contribution >= 4 is 0 Å². The zero-order valence-corrected chi connectivity index (χ0v) is 11.9. The highest BCUT2D eigenvalue weighted by atomic mass is 16.5. The Morgan fingerprint density at radius 1 is 1.33 bits per heavy atom. The Labute approximate surface area is 110 Å². The van der Waals surface area contributed by atoms with Gasteiger partial charge in [0.25, 0.3) is 0 Å². The minimum atomic E-state index is -0.189. The van der Waals surface area contributed by atoms with Crippen molar-refractivity contribution in [2.75, 3.05) is 13.7 Å². The van der Waals surface area contributed by atoms with Crippen LogP contribution in [-0.4, -0.2) is 30.4 Å². The Morgan fingerprint density at radius 2 is 1.94 bits per heavy atom. The van der Waals surface area contributed by atoms with Crippen LogP contribution in [0.2, 0.25) is 0 Å². The van der Waals surface area contributed by atoms with E-state index in [4.69, 9.17) is 4.74 Å². The third kappa shape index (κ3) is 4.31. The molecule has 0 radical (unpaired) electrons. The molecule has 0 amide bonds. The Morgan fingerprint density at radius 3 is 2.39 bits per heavy atom. The first-order valence-corrected chi connectivity index (χ1v) is 6.54. The molecule has 0 aliphatic rings. The van der Waals surface area contributed by atoms with E-state index in [9.17, 15) is 5.11 Å². The first-order chi connectivity index (χ1) is 8.53. The Kier molecular flexibility index (Phi) is 5.63. The van der Waals surface area contributed by atoms with Crippen LogP contribution < -0.4 is 10.1 Å². The van der Waals surface area contributed by atoms with Crippen LogP contribution in [0, 0.1) is 0 Å². The summed E-state index contributed by atoms with van der Waals surface area (Å²) in [6.45, 7) is 6.45. The normalized spacial score (nSPS) is 16.1. The van der Waals surface area contributed by atoms with Gasteiger partial charge in [0.15, 0.2) is 0 Å². The van der Waals surface area contributed by atoms with E-state index in [1.54, 1.807) is 7.11 Å². The molecule has 1 rings (SSSR count). The van der Waals surface area contributed by atoms with Crippen LogP contribution in [0.1, 0.15) is 32.8 Å². The van der Waals surface area contributed by atoms with Gasteiger partial charge < -0.3 is 15.2 Å². The zero-order chi connectivity index (χ0) is 13.6. The summed E-state index contributed by atoms with van der Waals surface area (Å²) in [6, 6.07) is 8.45. The number of methoxy groups -OCH3 is 1. The van der Waals surface area contributed by atoms with Gasteiger partial charge in [-0.25, -0.2) is 0 Å².